The highest BCUT2D eigenvalue weighted by atomic mass is 35.5. The van der Waals surface area contributed by atoms with E-state index in [1.54, 1.807) is 0 Å². The van der Waals surface area contributed by atoms with Gasteiger partial charge < -0.3 is 10.6 Å². The third-order valence-electron chi connectivity index (χ3n) is 3.26. The van der Waals surface area contributed by atoms with Crippen molar-refractivity contribution in [3.05, 3.63) is 35.9 Å². The number of carbonyl (C=O) groups excluding carboxylic acids is 1. The molecule has 1 aromatic rings. The number of halogens is 1. The molecule has 0 radical (unpaired) electrons. The SMILES string of the molecule is CC1CCCN1C(=O)C(N)c1ccccc1.Cl. The molecule has 0 saturated carbocycles. The molecule has 1 saturated heterocycles. The third-order valence-corrected chi connectivity index (χ3v) is 3.26. The molecule has 4 heteroatoms. The van der Waals surface area contributed by atoms with Crippen LogP contribution < -0.4 is 5.73 Å². The van der Waals surface area contributed by atoms with E-state index in [1.807, 2.05) is 35.2 Å². The summed E-state index contributed by atoms with van der Waals surface area (Å²) >= 11 is 0. The minimum Gasteiger partial charge on any atom is -0.338 e. The number of benzene rings is 1. The van der Waals surface area contributed by atoms with Gasteiger partial charge in [-0.3, -0.25) is 4.79 Å². The summed E-state index contributed by atoms with van der Waals surface area (Å²) in [4.78, 5) is 14.1. The number of amides is 1. The van der Waals surface area contributed by atoms with Crippen LogP contribution in [0.3, 0.4) is 0 Å². The van der Waals surface area contributed by atoms with Crippen molar-refractivity contribution in [1.29, 1.82) is 0 Å². The van der Waals surface area contributed by atoms with E-state index >= 15 is 0 Å². The van der Waals surface area contributed by atoms with Crippen molar-refractivity contribution >= 4 is 18.3 Å². The Kier molecular flexibility index (Phi) is 4.97. The molecule has 1 fully saturated rings. The normalized spacial score (nSPS) is 20.8. The molecular weight excluding hydrogens is 236 g/mol. The van der Waals surface area contributed by atoms with Crippen LogP contribution in [-0.4, -0.2) is 23.4 Å². The van der Waals surface area contributed by atoms with E-state index in [0.717, 1.165) is 24.9 Å². The second kappa shape index (κ2) is 6.03. The van der Waals surface area contributed by atoms with Crippen LogP contribution in [0.1, 0.15) is 31.4 Å². The summed E-state index contributed by atoms with van der Waals surface area (Å²) in [5, 5.41) is 0. The zero-order valence-electron chi connectivity index (χ0n) is 10.0. The molecule has 17 heavy (non-hydrogen) atoms. The first-order valence-electron chi connectivity index (χ1n) is 5.81. The molecule has 0 spiro atoms. The van der Waals surface area contributed by atoms with Crippen molar-refractivity contribution in [3.8, 4) is 0 Å². The molecule has 94 valence electrons. The zero-order chi connectivity index (χ0) is 11.5. The lowest BCUT2D eigenvalue weighted by atomic mass is 10.1. The highest BCUT2D eigenvalue weighted by Gasteiger charge is 2.29. The van der Waals surface area contributed by atoms with Crippen molar-refractivity contribution in [2.75, 3.05) is 6.54 Å². The quantitative estimate of drug-likeness (QED) is 0.879. The molecule has 0 aromatic heterocycles. The van der Waals surface area contributed by atoms with Gasteiger partial charge in [-0.2, -0.15) is 0 Å². The Morgan fingerprint density at radius 1 is 1.41 bits per heavy atom. The van der Waals surface area contributed by atoms with Gasteiger partial charge in [-0.15, -0.1) is 12.4 Å². The second-order valence-corrected chi connectivity index (χ2v) is 4.41. The maximum Gasteiger partial charge on any atom is 0.244 e. The minimum absolute atomic E-state index is 0. The lowest BCUT2D eigenvalue weighted by molar-refractivity contribution is -0.133. The van der Waals surface area contributed by atoms with E-state index in [9.17, 15) is 4.79 Å². The molecular formula is C13H19ClN2O. The van der Waals surface area contributed by atoms with Gasteiger partial charge in [-0.05, 0) is 25.3 Å². The van der Waals surface area contributed by atoms with E-state index in [1.165, 1.54) is 0 Å². The first-order valence-corrected chi connectivity index (χ1v) is 5.81. The molecule has 1 aliphatic rings. The molecule has 2 rings (SSSR count). The molecule has 1 aromatic carbocycles. The second-order valence-electron chi connectivity index (χ2n) is 4.41. The maximum absolute atomic E-state index is 12.2. The van der Waals surface area contributed by atoms with Crippen molar-refractivity contribution in [2.45, 2.75) is 31.8 Å². The Morgan fingerprint density at radius 2 is 2.06 bits per heavy atom. The van der Waals surface area contributed by atoms with Gasteiger partial charge in [-0.1, -0.05) is 30.3 Å². The third kappa shape index (κ3) is 2.99. The smallest absolute Gasteiger partial charge is 0.244 e. The van der Waals surface area contributed by atoms with E-state index in [2.05, 4.69) is 6.92 Å². The van der Waals surface area contributed by atoms with Crippen LogP contribution in [-0.2, 0) is 4.79 Å². The van der Waals surface area contributed by atoms with Crippen LogP contribution in [0.15, 0.2) is 30.3 Å². The van der Waals surface area contributed by atoms with E-state index in [4.69, 9.17) is 5.73 Å². The molecule has 2 N–H and O–H groups in total. The Labute approximate surface area is 108 Å². The molecule has 1 aliphatic heterocycles. The molecule has 2 unspecified atom stereocenters. The first kappa shape index (κ1) is 14.0. The lowest BCUT2D eigenvalue weighted by Crippen LogP contribution is -2.40. The number of nitrogens with zero attached hydrogens (tertiary/aromatic N) is 1. The van der Waals surface area contributed by atoms with Crippen LogP contribution >= 0.6 is 12.4 Å². The van der Waals surface area contributed by atoms with Crippen LogP contribution in [0.25, 0.3) is 0 Å². The number of carbonyl (C=O) groups is 1. The van der Waals surface area contributed by atoms with E-state index in [0.29, 0.717) is 6.04 Å². The molecule has 2 atom stereocenters. The maximum atomic E-state index is 12.2. The van der Waals surface area contributed by atoms with E-state index in [-0.39, 0.29) is 18.3 Å². The van der Waals surface area contributed by atoms with Crippen molar-refractivity contribution in [3.63, 3.8) is 0 Å². The topological polar surface area (TPSA) is 46.3 Å². The van der Waals surface area contributed by atoms with Crippen molar-refractivity contribution < 1.29 is 4.79 Å². The summed E-state index contributed by atoms with van der Waals surface area (Å²) < 4.78 is 0. The van der Waals surface area contributed by atoms with Crippen LogP contribution in [0.2, 0.25) is 0 Å². The molecule has 3 nitrogen and oxygen atoms in total. The number of hydrogen-bond donors (Lipinski definition) is 1. The van der Waals surface area contributed by atoms with Gasteiger partial charge in [-0.25, -0.2) is 0 Å². The van der Waals surface area contributed by atoms with Gasteiger partial charge in [0.15, 0.2) is 0 Å². The highest BCUT2D eigenvalue weighted by molar-refractivity contribution is 5.85. The van der Waals surface area contributed by atoms with Crippen molar-refractivity contribution in [1.82, 2.24) is 4.90 Å². The largest absolute Gasteiger partial charge is 0.338 e. The van der Waals surface area contributed by atoms with Crippen LogP contribution in [0.5, 0.6) is 0 Å². The highest BCUT2D eigenvalue weighted by Crippen LogP contribution is 2.21. The summed E-state index contributed by atoms with van der Waals surface area (Å²) in [5.74, 6) is 0.0520. The molecule has 0 bridgehead atoms. The summed E-state index contributed by atoms with van der Waals surface area (Å²) in [6, 6.07) is 9.39. The minimum atomic E-state index is -0.512. The zero-order valence-corrected chi connectivity index (χ0v) is 10.8. The Balaban J connectivity index is 0.00000144. The van der Waals surface area contributed by atoms with Gasteiger partial charge >= 0.3 is 0 Å². The number of nitrogens with two attached hydrogens (primary N) is 1. The fraction of sp³-hybridized carbons (Fsp3) is 0.462. The standard InChI is InChI=1S/C13H18N2O.ClH/c1-10-6-5-9-15(10)13(16)12(14)11-7-3-2-4-8-11;/h2-4,7-8,10,12H,5-6,9,14H2,1H3;1H. The summed E-state index contributed by atoms with van der Waals surface area (Å²) in [7, 11) is 0. The first-order chi connectivity index (χ1) is 7.70. The fourth-order valence-corrected chi connectivity index (χ4v) is 2.24. The van der Waals surface area contributed by atoms with Crippen LogP contribution in [0.4, 0.5) is 0 Å². The predicted molar refractivity (Wildman–Crippen MR) is 71.0 cm³/mol. The van der Waals surface area contributed by atoms with Gasteiger partial charge in [0.05, 0.1) is 0 Å². The predicted octanol–water partition coefficient (Wildman–Crippen LogP) is 2.12. The summed E-state index contributed by atoms with van der Waals surface area (Å²) in [6.07, 6.45) is 2.18. The van der Waals surface area contributed by atoms with Gasteiger partial charge in [0.25, 0.3) is 0 Å². The lowest BCUT2D eigenvalue weighted by Gasteiger charge is -2.25. The molecule has 0 aliphatic carbocycles. The summed E-state index contributed by atoms with van der Waals surface area (Å²) in [5.41, 5.74) is 6.88. The van der Waals surface area contributed by atoms with Gasteiger partial charge in [0.2, 0.25) is 5.91 Å². The number of rotatable bonds is 2. The Morgan fingerprint density at radius 3 is 2.59 bits per heavy atom. The number of likely N-dealkylation sites (tertiary alicyclic amines) is 1. The monoisotopic (exact) mass is 254 g/mol. The number of hydrogen-bond acceptors (Lipinski definition) is 2. The average molecular weight is 255 g/mol. The van der Waals surface area contributed by atoms with Gasteiger partial charge in [0, 0.05) is 12.6 Å². The molecule has 1 amide bonds. The van der Waals surface area contributed by atoms with Crippen molar-refractivity contribution in [2.24, 2.45) is 5.73 Å². The summed E-state index contributed by atoms with van der Waals surface area (Å²) in [6.45, 7) is 2.93. The molecule has 1 heterocycles. The Bertz CT molecular complexity index is 369. The fourth-order valence-electron chi connectivity index (χ4n) is 2.24. The average Bonchev–Trinajstić information content (AvgIpc) is 2.75. The van der Waals surface area contributed by atoms with Crippen LogP contribution in [0, 0.1) is 0 Å². The Hall–Kier alpha value is -1.06. The van der Waals surface area contributed by atoms with Gasteiger partial charge in [0.1, 0.15) is 6.04 Å². The van der Waals surface area contributed by atoms with E-state index < -0.39 is 6.04 Å².